The molecule has 0 N–H and O–H groups in total. The van der Waals surface area contributed by atoms with Crippen molar-refractivity contribution < 1.29 is 4.79 Å². The summed E-state index contributed by atoms with van der Waals surface area (Å²) in [4.78, 5) is 12.2. The van der Waals surface area contributed by atoms with E-state index in [1.807, 2.05) is 0 Å². The molecule has 0 bridgehead atoms. The van der Waals surface area contributed by atoms with Crippen LogP contribution in [0.2, 0.25) is 0 Å². The third kappa shape index (κ3) is 2.22. The molecule has 1 aliphatic rings. The van der Waals surface area contributed by atoms with Gasteiger partial charge in [-0.15, -0.1) is 0 Å². The molecule has 2 nitrogen and oxygen atoms in total. The molecule has 0 spiro atoms. The molecule has 0 heterocycles. The summed E-state index contributed by atoms with van der Waals surface area (Å²) in [5.41, 5.74) is 1.07. The summed E-state index contributed by atoms with van der Waals surface area (Å²) in [6.45, 7) is 0. The number of allylic oxidation sites excluding steroid dienone is 2. The first kappa shape index (κ1) is 8.60. The van der Waals surface area contributed by atoms with Gasteiger partial charge in [-0.25, -0.2) is 0 Å². The maximum atomic E-state index is 10.7. The van der Waals surface area contributed by atoms with Crippen LogP contribution in [0.3, 0.4) is 0 Å². The van der Waals surface area contributed by atoms with Gasteiger partial charge in [-0.1, -0.05) is 6.08 Å². The first-order valence-electron chi connectivity index (χ1n) is 3.84. The van der Waals surface area contributed by atoms with Crippen LogP contribution in [0.1, 0.15) is 25.7 Å². The van der Waals surface area contributed by atoms with Gasteiger partial charge in [0.25, 0.3) is 0 Å². The number of hydrogen-bond acceptors (Lipinski definition) is 1. The Labute approximate surface area is 71.8 Å². The lowest BCUT2D eigenvalue weighted by atomic mass is 10.0. The van der Waals surface area contributed by atoms with Gasteiger partial charge >= 0.3 is 5.37 Å². The second kappa shape index (κ2) is 3.77. The third-order valence-corrected chi connectivity index (χ3v) is 2.22. The SMILES string of the molecule is CN(C(=O)Cl)C1=CCCCC1. The molecule has 62 valence electrons. The molecule has 1 amide bonds. The van der Waals surface area contributed by atoms with Crippen molar-refractivity contribution in [3.8, 4) is 0 Å². The van der Waals surface area contributed by atoms with Gasteiger partial charge in [0, 0.05) is 12.7 Å². The molecule has 0 unspecified atom stereocenters. The molecule has 0 atom stereocenters. The topological polar surface area (TPSA) is 20.3 Å². The molecule has 1 aliphatic carbocycles. The minimum absolute atomic E-state index is 0.391. The highest BCUT2D eigenvalue weighted by Gasteiger charge is 2.12. The van der Waals surface area contributed by atoms with E-state index in [1.54, 1.807) is 7.05 Å². The zero-order chi connectivity index (χ0) is 8.27. The van der Waals surface area contributed by atoms with E-state index in [1.165, 1.54) is 17.7 Å². The Balaban J connectivity index is 2.58. The van der Waals surface area contributed by atoms with E-state index in [9.17, 15) is 4.79 Å². The molecule has 0 aliphatic heterocycles. The van der Waals surface area contributed by atoms with E-state index in [0.717, 1.165) is 18.5 Å². The number of amides is 1. The molecule has 0 aromatic carbocycles. The van der Waals surface area contributed by atoms with Gasteiger partial charge in [0.05, 0.1) is 0 Å². The number of halogens is 1. The number of nitrogens with zero attached hydrogens (tertiary/aromatic N) is 1. The maximum Gasteiger partial charge on any atom is 0.320 e. The average Bonchev–Trinajstić information content (AvgIpc) is 2.05. The minimum Gasteiger partial charge on any atom is -0.306 e. The van der Waals surface area contributed by atoms with Crippen LogP contribution in [0, 0.1) is 0 Å². The Kier molecular flexibility index (Phi) is 2.94. The summed E-state index contributed by atoms with van der Waals surface area (Å²) < 4.78 is 0. The van der Waals surface area contributed by atoms with Gasteiger partial charge < -0.3 is 4.90 Å². The van der Waals surface area contributed by atoms with Crippen LogP contribution in [0.4, 0.5) is 4.79 Å². The summed E-state index contributed by atoms with van der Waals surface area (Å²) in [7, 11) is 1.71. The third-order valence-electron chi connectivity index (χ3n) is 1.96. The summed E-state index contributed by atoms with van der Waals surface area (Å²) in [6, 6.07) is 0. The number of carbonyl (C=O) groups is 1. The van der Waals surface area contributed by atoms with Crippen molar-refractivity contribution in [3.05, 3.63) is 11.8 Å². The first-order valence-corrected chi connectivity index (χ1v) is 4.22. The van der Waals surface area contributed by atoms with E-state index < -0.39 is 5.37 Å². The molecule has 11 heavy (non-hydrogen) atoms. The lowest BCUT2D eigenvalue weighted by Gasteiger charge is -2.20. The predicted octanol–water partition coefficient (Wildman–Crippen LogP) is 2.73. The Hall–Kier alpha value is -0.500. The number of rotatable bonds is 1. The van der Waals surface area contributed by atoms with Gasteiger partial charge in [-0.3, -0.25) is 4.79 Å². The lowest BCUT2D eigenvalue weighted by Crippen LogP contribution is -2.21. The van der Waals surface area contributed by atoms with E-state index in [2.05, 4.69) is 6.08 Å². The monoisotopic (exact) mass is 173 g/mol. The lowest BCUT2D eigenvalue weighted by molar-refractivity contribution is 0.239. The van der Waals surface area contributed by atoms with Crippen LogP contribution in [0.25, 0.3) is 0 Å². The van der Waals surface area contributed by atoms with Gasteiger partial charge in [0.2, 0.25) is 0 Å². The van der Waals surface area contributed by atoms with Crippen LogP contribution >= 0.6 is 11.6 Å². The summed E-state index contributed by atoms with van der Waals surface area (Å²) >= 11 is 5.31. The van der Waals surface area contributed by atoms with Crippen molar-refractivity contribution in [1.29, 1.82) is 0 Å². The van der Waals surface area contributed by atoms with Crippen LogP contribution in [0.5, 0.6) is 0 Å². The van der Waals surface area contributed by atoms with E-state index >= 15 is 0 Å². The highest BCUT2D eigenvalue weighted by atomic mass is 35.5. The molecule has 0 saturated carbocycles. The van der Waals surface area contributed by atoms with Crippen molar-refractivity contribution in [2.75, 3.05) is 7.05 Å². The number of hydrogen-bond donors (Lipinski definition) is 0. The van der Waals surface area contributed by atoms with Gasteiger partial charge in [-0.05, 0) is 37.3 Å². The zero-order valence-corrected chi connectivity index (χ0v) is 7.40. The Bertz CT molecular complexity index is 189. The predicted molar refractivity (Wildman–Crippen MR) is 45.6 cm³/mol. The van der Waals surface area contributed by atoms with Crippen LogP contribution in [0.15, 0.2) is 11.8 Å². The van der Waals surface area contributed by atoms with Crippen molar-refractivity contribution in [1.82, 2.24) is 4.90 Å². The molecular formula is C8H12ClNO. The first-order chi connectivity index (χ1) is 5.22. The van der Waals surface area contributed by atoms with E-state index in [4.69, 9.17) is 11.6 Å². The second-order valence-electron chi connectivity index (χ2n) is 2.75. The molecule has 0 radical (unpaired) electrons. The number of carbonyl (C=O) groups excluding carboxylic acids is 1. The zero-order valence-electron chi connectivity index (χ0n) is 6.64. The minimum atomic E-state index is -0.391. The Morgan fingerprint density at radius 2 is 2.36 bits per heavy atom. The fourth-order valence-corrected chi connectivity index (χ4v) is 1.35. The average molecular weight is 174 g/mol. The van der Waals surface area contributed by atoms with Gasteiger partial charge in [0.15, 0.2) is 0 Å². The van der Waals surface area contributed by atoms with Crippen molar-refractivity contribution in [2.24, 2.45) is 0 Å². The Morgan fingerprint density at radius 3 is 2.82 bits per heavy atom. The highest BCUT2D eigenvalue weighted by molar-refractivity contribution is 6.63. The van der Waals surface area contributed by atoms with Crippen molar-refractivity contribution in [3.63, 3.8) is 0 Å². The summed E-state index contributed by atoms with van der Waals surface area (Å²) in [5, 5.41) is -0.391. The van der Waals surface area contributed by atoms with Crippen molar-refractivity contribution in [2.45, 2.75) is 25.7 Å². The molecule has 3 heteroatoms. The fraction of sp³-hybridized carbons (Fsp3) is 0.625. The maximum absolute atomic E-state index is 10.7. The second-order valence-corrected chi connectivity index (χ2v) is 3.08. The fourth-order valence-electron chi connectivity index (χ4n) is 1.24. The smallest absolute Gasteiger partial charge is 0.306 e. The molecule has 0 saturated heterocycles. The molecule has 0 aromatic heterocycles. The summed E-state index contributed by atoms with van der Waals surface area (Å²) in [6.07, 6.45) is 6.54. The highest BCUT2D eigenvalue weighted by Crippen LogP contribution is 2.20. The quantitative estimate of drug-likeness (QED) is 0.441. The van der Waals surface area contributed by atoms with Crippen LogP contribution < -0.4 is 0 Å². The van der Waals surface area contributed by atoms with E-state index in [0.29, 0.717) is 0 Å². The van der Waals surface area contributed by atoms with E-state index in [-0.39, 0.29) is 0 Å². The van der Waals surface area contributed by atoms with Crippen LogP contribution in [-0.4, -0.2) is 17.3 Å². The molecule has 0 fully saturated rings. The largest absolute Gasteiger partial charge is 0.320 e. The standard InChI is InChI=1S/C8H12ClNO/c1-10(8(9)11)7-5-3-2-4-6-7/h5H,2-4,6H2,1H3. The summed E-state index contributed by atoms with van der Waals surface area (Å²) in [5.74, 6) is 0. The Morgan fingerprint density at radius 1 is 1.64 bits per heavy atom. The van der Waals surface area contributed by atoms with Crippen LogP contribution in [-0.2, 0) is 0 Å². The molecule has 1 rings (SSSR count). The van der Waals surface area contributed by atoms with Crippen molar-refractivity contribution >= 4 is 17.0 Å². The van der Waals surface area contributed by atoms with Gasteiger partial charge in [-0.2, -0.15) is 0 Å². The normalized spacial score (nSPS) is 17.5. The molecule has 0 aromatic rings. The van der Waals surface area contributed by atoms with Gasteiger partial charge in [0.1, 0.15) is 0 Å². The molecular weight excluding hydrogens is 162 g/mol.